The molecule has 0 aliphatic carbocycles. The maximum atomic E-state index is 11.7. The van der Waals surface area contributed by atoms with Crippen LogP contribution in [-0.2, 0) is 9.59 Å². The van der Waals surface area contributed by atoms with E-state index in [2.05, 4.69) is 6.58 Å². The van der Waals surface area contributed by atoms with Gasteiger partial charge < -0.3 is 10.0 Å². The van der Waals surface area contributed by atoms with Crippen LogP contribution < -0.4 is 0 Å². The summed E-state index contributed by atoms with van der Waals surface area (Å²) in [6.07, 6.45) is 5.90. The molecule has 96 valence electrons. The van der Waals surface area contributed by atoms with Crippen molar-refractivity contribution in [3.63, 3.8) is 0 Å². The fraction of sp³-hybridized carbons (Fsp3) is 0.692. The van der Waals surface area contributed by atoms with Gasteiger partial charge in [-0.15, -0.1) is 6.58 Å². The lowest BCUT2D eigenvalue weighted by Gasteiger charge is -2.31. The molecule has 0 bridgehead atoms. The average molecular weight is 239 g/mol. The van der Waals surface area contributed by atoms with Crippen molar-refractivity contribution < 1.29 is 14.7 Å². The number of piperidine rings is 1. The third-order valence-corrected chi connectivity index (χ3v) is 3.30. The van der Waals surface area contributed by atoms with Gasteiger partial charge in [0.15, 0.2) is 0 Å². The first kappa shape index (κ1) is 13.7. The molecule has 4 heteroatoms. The first-order valence-corrected chi connectivity index (χ1v) is 6.24. The van der Waals surface area contributed by atoms with Gasteiger partial charge in [-0.1, -0.05) is 6.08 Å². The van der Waals surface area contributed by atoms with Gasteiger partial charge in [0.1, 0.15) is 0 Å². The zero-order valence-electron chi connectivity index (χ0n) is 10.2. The lowest BCUT2D eigenvalue weighted by atomic mass is 9.92. The molecule has 0 atom stereocenters. The molecule has 1 aliphatic heterocycles. The molecule has 0 saturated carbocycles. The van der Waals surface area contributed by atoms with Gasteiger partial charge in [0.25, 0.3) is 0 Å². The monoisotopic (exact) mass is 239 g/mol. The summed E-state index contributed by atoms with van der Waals surface area (Å²) in [5, 5.41) is 8.61. The zero-order valence-corrected chi connectivity index (χ0v) is 10.2. The molecule has 0 aromatic rings. The number of likely N-dealkylation sites (tertiary alicyclic amines) is 1. The van der Waals surface area contributed by atoms with Crippen LogP contribution in [0.15, 0.2) is 12.7 Å². The minimum atomic E-state index is -0.727. The summed E-state index contributed by atoms with van der Waals surface area (Å²) in [6, 6.07) is 0. The second kappa shape index (κ2) is 7.09. The maximum Gasteiger partial charge on any atom is 0.303 e. The van der Waals surface area contributed by atoms with Crippen molar-refractivity contribution in [2.24, 2.45) is 5.92 Å². The van der Waals surface area contributed by atoms with E-state index in [1.54, 1.807) is 6.08 Å². The van der Waals surface area contributed by atoms with E-state index in [-0.39, 0.29) is 12.3 Å². The van der Waals surface area contributed by atoms with Crippen LogP contribution in [0, 0.1) is 5.92 Å². The fourth-order valence-electron chi connectivity index (χ4n) is 2.18. The molecule has 1 aliphatic rings. The van der Waals surface area contributed by atoms with E-state index in [4.69, 9.17) is 5.11 Å². The molecule has 1 saturated heterocycles. The molecule has 1 amide bonds. The van der Waals surface area contributed by atoms with E-state index in [1.165, 1.54) is 0 Å². The number of nitrogens with zero attached hydrogens (tertiary/aromatic N) is 1. The Morgan fingerprint density at radius 2 is 1.94 bits per heavy atom. The Balaban J connectivity index is 2.23. The van der Waals surface area contributed by atoms with Crippen molar-refractivity contribution >= 4 is 11.9 Å². The summed E-state index contributed by atoms with van der Waals surface area (Å²) in [6.45, 7) is 5.16. The smallest absolute Gasteiger partial charge is 0.303 e. The molecule has 1 fully saturated rings. The maximum absolute atomic E-state index is 11.7. The predicted octanol–water partition coefficient (Wildman–Crippen LogP) is 2.06. The minimum Gasteiger partial charge on any atom is -0.481 e. The second-order valence-corrected chi connectivity index (χ2v) is 4.58. The number of aliphatic carboxylic acids is 1. The largest absolute Gasteiger partial charge is 0.481 e. The van der Waals surface area contributed by atoms with Crippen molar-refractivity contribution in [3.8, 4) is 0 Å². The van der Waals surface area contributed by atoms with E-state index >= 15 is 0 Å². The Hall–Kier alpha value is -1.32. The van der Waals surface area contributed by atoms with E-state index in [0.717, 1.165) is 38.8 Å². The third kappa shape index (κ3) is 5.02. The van der Waals surface area contributed by atoms with Crippen LogP contribution in [0.2, 0.25) is 0 Å². The fourth-order valence-corrected chi connectivity index (χ4v) is 2.18. The summed E-state index contributed by atoms with van der Waals surface area (Å²) in [4.78, 5) is 24.1. The van der Waals surface area contributed by atoms with Gasteiger partial charge >= 0.3 is 5.97 Å². The van der Waals surface area contributed by atoms with E-state index in [9.17, 15) is 9.59 Å². The third-order valence-electron chi connectivity index (χ3n) is 3.30. The second-order valence-electron chi connectivity index (χ2n) is 4.58. The molecule has 4 nitrogen and oxygen atoms in total. The standard InChI is InChI=1S/C13H21NO3/c1-2-3-4-12(15)14-9-7-11(8-10-14)5-6-13(16)17/h2,11H,1,3-10H2,(H,16,17). The van der Waals surface area contributed by atoms with Crippen molar-refractivity contribution in [2.45, 2.75) is 38.5 Å². The summed E-state index contributed by atoms with van der Waals surface area (Å²) in [5.74, 6) is -0.0642. The minimum absolute atomic E-state index is 0.196. The Labute approximate surface area is 102 Å². The summed E-state index contributed by atoms with van der Waals surface area (Å²) >= 11 is 0. The molecule has 0 aromatic heterocycles. The number of carboxylic acid groups (broad SMARTS) is 1. The van der Waals surface area contributed by atoms with Gasteiger partial charge in [-0.05, 0) is 31.6 Å². The summed E-state index contributed by atoms with van der Waals surface area (Å²) in [7, 11) is 0. The van der Waals surface area contributed by atoms with Gasteiger partial charge in [-0.2, -0.15) is 0 Å². The molecule has 1 heterocycles. The molecular weight excluding hydrogens is 218 g/mol. The van der Waals surface area contributed by atoms with Crippen molar-refractivity contribution in [1.29, 1.82) is 0 Å². The van der Waals surface area contributed by atoms with Gasteiger partial charge in [0, 0.05) is 25.9 Å². The van der Waals surface area contributed by atoms with Crippen molar-refractivity contribution in [2.75, 3.05) is 13.1 Å². The molecule has 17 heavy (non-hydrogen) atoms. The number of hydrogen-bond acceptors (Lipinski definition) is 2. The van der Waals surface area contributed by atoms with Crippen LogP contribution in [-0.4, -0.2) is 35.0 Å². The number of hydrogen-bond donors (Lipinski definition) is 1. The van der Waals surface area contributed by atoms with Gasteiger partial charge in [-0.3, -0.25) is 9.59 Å². The number of rotatable bonds is 6. The van der Waals surface area contributed by atoms with Crippen molar-refractivity contribution in [3.05, 3.63) is 12.7 Å². The zero-order chi connectivity index (χ0) is 12.7. The Bertz CT molecular complexity index is 280. The molecule has 0 unspecified atom stereocenters. The molecule has 1 N–H and O–H groups in total. The molecule has 0 radical (unpaired) electrons. The van der Waals surface area contributed by atoms with E-state index < -0.39 is 5.97 Å². The quantitative estimate of drug-likeness (QED) is 0.722. The molecular formula is C13H21NO3. The van der Waals surface area contributed by atoms with Crippen LogP contribution in [0.1, 0.15) is 38.5 Å². The van der Waals surface area contributed by atoms with Crippen LogP contribution >= 0.6 is 0 Å². The number of carbonyl (C=O) groups is 2. The predicted molar refractivity (Wildman–Crippen MR) is 65.6 cm³/mol. The highest BCUT2D eigenvalue weighted by Crippen LogP contribution is 2.22. The number of carboxylic acids is 1. The van der Waals surface area contributed by atoms with Crippen LogP contribution in [0.25, 0.3) is 0 Å². The highest BCUT2D eigenvalue weighted by molar-refractivity contribution is 5.76. The van der Waals surface area contributed by atoms with Gasteiger partial charge in [0.2, 0.25) is 5.91 Å². The Kier molecular flexibility index (Phi) is 5.73. The van der Waals surface area contributed by atoms with Crippen LogP contribution in [0.3, 0.4) is 0 Å². The van der Waals surface area contributed by atoms with Crippen LogP contribution in [0.4, 0.5) is 0 Å². The van der Waals surface area contributed by atoms with Crippen molar-refractivity contribution in [1.82, 2.24) is 4.90 Å². The van der Waals surface area contributed by atoms with Gasteiger partial charge in [0.05, 0.1) is 0 Å². The van der Waals surface area contributed by atoms with E-state index in [1.807, 2.05) is 4.90 Å². The normalized spacial score (nSPS) is 16.8. The molecule has 0 aromatic carbocycles. The van der Waals surface area contributed by atoms with E-state index in [0.29, 0.717) is 12.3 Å². The highest BCUT2D eigenvalue weighted by atomic mass is 16.4. The Morgan fingerprint density at radius 1 is 1.29 bits per heavy atom. The van der Waals surface area contributed by atoms with Crippen LogP contribution in [0.5, 0.6) is 0 Å². The average Bonchev–Trinajstić information content (AvgIpc) is 2.34. The number of allylic oxidation sites excluding steroid dienone is 1. The molecule has 1 rings (SSSR count). The lowest BCUT2D eigenvalue weighted by Crippen LogP contribution is -2.38. The highest BCUT2D eigenvalue weighted by Gasteiger charge is 2.22. The SMILES string of the molecule is C=CCCC(=O)N1CCC(CCC(=O)O)CC1. The number of amides is 1. The Morgan fingerprint density at radius 3 is 2.47 bits per heavy atom. The summed E-state index contributed by atoms with van der Waals surface area (Å²) < 4.78 is 0. The molecule has 0 spiro atoms. The van der Waals surface area contributed by atoms with Gasteiger partial charge in [-0.25, -0.2) is 0 Å². The topological polar surface area (TPSA) is 57.6 Å². The first-order valence-electron chi connectivity index (χ1n) is 6.24. The number of carbonyl (C=O) groups excluding carboxylic acids is 1. The first-order chi connectivity index (χ1) is 8.13. The lowest BCUT2D eigenvalue weighted by molar-refractivity contribution is -0.138. The summed E-state index contributed by atoms with van der Waals surface area (Å²) in [5.41, 5.74) is 0.